The molecule has 2 atom stereocenters. The van der Waals surface area contributed by atoms with Gasteiger partial charge in [0.25, 0.3) is 0 Å². The third-order valence-electron chi connectivity index (χ3n) is 6.73. The zero-order chi connectivity index (χ0) is 23.5. The van der Waals surface area contributed by atoms with Crippen LogP contribution in [0.3, 0.4) is 0 Å². The quantitative estimate of drug-likeness (QED) is 0.589. The van der Waals surface area contributed by atoms with Crippen LogP contribution in [0.25, 0.3) is 11.3 Å². The largest absolute Gasteiger partial charge is 0.338 e. The second-order valence-corrected chi connectivity index (χ2v) is 8.99. The van der Waals surface area contributed by atoms with E-state index in [4.69, 9.17) is 0 Å². The first kappa shape index (κ1) is 22.0. The Kier molecular flexibility index (Phi) is 6.21. The maximum atomic E-state index is 13.5. The number of aromatic nitrogens is 2. The average Bonchev–Trinajstić information content (AvgIpc) is 2.88. The van der Waals surface area contributed by atoms with Gasteiger partial charge in [-0.05, 0) is 55.5 Å². The third kappa shape index (κ3) is 4.62. The normalized spacial score (nSPS) is 19.4. The van der Waals surface area contributed by atoms with Gasteiger partial charge < -0.3 is 10.2 Å². The number of hydrogen-bond acceptors (Lipinski definition) is 4. The number of amides is 2. The molecule has 1 aliphatic carbocycles. The highest BCUT2D eigenvalue weighted by atomic mass is 16.2. The van der Waals surface area contributed by atoms with Crippen LogP contribution in [0.4, 0.5) is 5.69 Å². The van der Waals surface area contributed by atoms with E-state index in [-0.39, 0.29) is 23.7 Å². The van der Waals surface area contributed by atoms with Gasteiger partial charge in [0.15, 0.2) is 0 Å². The minimum atomic E-state index is -0.389. The molecule has 0 fully saturated rings. The summed E-state index contributed by atoms with van der Waals surface area (Å²) in [7, 11) is 0. The lowest BCUT2D eigenvalue weighted by molar-refractivity contribution is -0.141. The van der Waals surface area contributed by atoms with E-state index in [0.717, 1.165) is 17.7 Å². The third-order valence-corrected chi connectivity index (χ3v) is 6.73. The molecule has 2 heterocycles. The van der Waals surface area contributed by atoms with Crippen molar-refractivity contribution >= 4 is 17.5 Å². The molecule has 2 unspecified atom stereocenters. The summed E-state index contributed by atoms with van der Waals surface area (Å²) < 4.78 is 0. The van der Waals surface area contributed by atoms with Gasteiger partial charge in [-0.25, -0.2) is 9.97 Å². The number of anilines is 1. The van der Waals surface area contributed by atoms with Crippen LogP contribution in [0, 0.1) is 18.8 Å². The van der Waals surface area contributed by atoms with Crippen molar-refractivity contribution < 1.29 is 9.59 Å². The monoisotopic (exact) mass is 452 g/mol. The summed E-state index contributed by atoms with van der Waals surface area (Å²) in [6, 6.07) is 17.8. The van der Waals surface area contributed by atoms with E-state index < -0.39 is 0 Å². The molecule has 0 bridgehead atoms. The first-order valence-electron chi connectivity index (χ1n) is 11.8. The van der Waals surface area contributed by atoms with Crippen LogP contribution in [0.2, 0.25) is 0 Å². The molecule has 1 aliphatic heterocycles. The van der Waals surface area contributed by atoms with Gasteiger partial charge in [-0.2, -0.15) is 0 Å². The molecule has 34 heavy (non-hydrogen) atoms. The maximum absolute atomic E-state index is 13.5. The van der Waals surface area contributed by atoms with Crippen molar-refractivity contribution in [1.82, 2.24) is 14.9 Å². The molecular weight excluding hydrogens is 424 g/mol. The fraction of sp³-hybridized carbons (Fsp3) is 0.286. The molecule has 0 spiro atoms. The van der Waals surface area contributed by atoms with E-state index in [1.165, 1.54) is 11.1 Å². The molecule has 6 nitrogen and oxygen atoms in total. The lowest BCUT2D eigenvalue weighted by atomic mass is 9.81. The summed E-state index contributed by atoms with van der Waals surface area (Å²) in [5.74, 6) is -0.0782. The number of nitrogens with zero attached hydrogens (tertiary/aromatic N) is 3. The van der Waals surface area contributed by atoms with E-state index in [0.29, 0.717) is 37.4 Å². The molecule has 0 saturated heterocycles. The van der Waals surface area contributed by atoms with E-state index in [9.17, 15) is 9.59 Å². The molecule has 1 N–H and O–H groups in total. The predicted molar refractivity (Wildman–Crippen MR) is 132 cm³/mol. The summed E-state index contributed by atoms with van der Waals surface area (Å²) in [5.41, 5.74) is 4.93. The minimum absolute atomic E-state index is 0.0733. The van der Waals surface area contributed by atoms with Gasteiger partial charge in [0.1, 0.15) is 5.82 Å². The molecule has 2 amide bonds. The summed E-state index contributed by atoms with van der Waals surface area (Å²) in [6.07, 6.45) is 7.79. The number of carbonyl (C=O) groups is 2. The van der Waals surface area contributed by atoms with Gasteiger partial charge in [-0.3, -0.25) is 9.59 Å². The van der Waals surface area contributed by atoms with Crippen LogP contribution in [0.15, 0.2) is 72.9 Å². The van der Waals surface area contributed by atoms with E-state index in [1.807, 2.05) is 66.4 Å². The Morgan fingerprint density at radius 1 is 0.971 bits per heavy atom. The molecule has 2 aromatic carbocycles. The van der Waals surface area contributed by atoms with Crippen molar-refractivity contribution in [2.45, 2.75) is 32.7 Å². The fourth-order valence-electron chi connectivity index (χ4n) is 4.90. The molecule has 6 heteroatoms. The van der Waals surface area contributed by atoms with Crippen molar-refractivity contribution in [2.24, 2.45) is 11.8 Å². The van der Waals surface area contributed by atoms with E-state index in [1.54, 1.807) is 6.20 Å². The first-order valence-corrected chi connectivity index (χ1v) is 11.8. The van der Waals surface area contributed by atoms with Crippen LogP contribution in [-0.2, 0) is 22.6 Å². The van der Waals surface area contributed by atoms with E-state index >= 15 is 0 Å². The standard InChI is InChI=1S/C28H28N4O2/c1-19-29-15-13-26(30-19)21-9-6-10-23(17-21)31-27(33)24-11-4-5-12-25(24)28(34)32-16-14-20-7-2-3-8-22(20)18-32/h2-10,13,15,17,24-25H,11-12,14,16,18H2,1H3,(H,31,33). The van der Waals surface area contributed by atoms with Crippen LogP contribution in [0.1, 0.15) is 29.8 Å². The fourth-order valence-corrected chi connectivity index (χ4v) is 4.90. The topological polar surface area (TPSA) is 75.2 Å². The Bertz CT molecular complexity index is 1250. The van der Waals surface area contributed by atoms with Gasteiger partial charge in [0, 0.05) is 30.5 Å². The van der Waals surface area contributed by atoms with Gasteiger partial charge in [-0.15, -0.1) is 0 Å². The number of aryl methyl sites for hydroxylation is 1. The van der Waals surface area contributed by atoms with Crippen molar-refractivity contribution in [1.29, 1.82) is 0 Å². The summed E-state index contributed by atoms with van der Waals surface area (Å²) in [4.78, 5) is 37.4. The van der Waals surface area contributed by atoms with Gasteiger partial charge in [-0.1, -0.05) is 48.6 Å². The zero-order valence-electron chi connectivity index (χ0n) is 19.3. The van der Waals surface area contributed by atoms with Crippen molar-refractivity contribution in [3.05, 3.63) is 89.9 Å². The molecule has 0 radical (unpaired) electrons. The number of nitrogens with one attached hydrogen (secondary N) is 1. The molecule has 0 saturated carbocycles. The Hall–Kier alpha value is -3.80. The number of benzene rings is 2. The lowest BCUT2D eigenvalue weighted by Crippen LogP contribution is -2.45. The Morgan fingerprint density at radius 3 is 2.59 bits per heavy atom. The highest BCUT2D eigenvalue weighted by Gasteiger charge is 2.37. The summed E-state index contributed by atoms with van der Waals surface area (Å²) in [6.45, 7) is 3.17. The number of allylic oxidation sites excluding steroid dienone is 2. The number of rotatable bonds is 4. The van der Waals surface area contributed by atoms with Crippen LogP contribution in [0.5, 0.6) is 0 Å². The number of fused-ring (bicyclic) bond motifs is 1. The SMILES string of the molecule is Cc1nccc(-c2cccc(NC(=O)C3CC=CCC3C(=O)N3CCc4ccccc4C3)c2)n1. The molecular formula is C28H28N4O2. The van der Waals surface area contributed by atoms with Gasteiger partial charge in [0.2, 0.25) is 11.8 Å². The molecule has 2 aliphatic rings. The van der Waals surface area contributed by atoms with Crippen LogP contribution in [-0.4, -0.2) is 33.2 Å². The second kappa shape index (κ2) is 9.59. The zero-order valence-corrected chi connectivity index (χ0v) is 19.3. The Balaban J connectivity index is 1.31. The van der Waals surface area contributed by atoms with Gasteiger partial charge in [0.05, 0.1) is 17.5 Å². The van der Waals surface area contributed by atoms with E-state index in [2.05, 4.69) is 27.4 Å². The molecule has 3 aromatic rings. The van der Waals surface area contributed by atoms with Crippen LogP contribution < -0.4 is 5.32 Å². The summed E-state index contributed by atoms with van der Waals surface area (Å²) in [5, 5.41) is 3.05. The Morgan fingerprint density at radius 2 is 1.76 bits per heavy atom. The van der Waals surface area contributed by atoms with Crippen LogP contribution >= 0.6 is 0 Å². The van der Waals surface area contributed by atoms with Crippen molar-refractivity contribution in [3.8, 4) is 11.3 Å². The van der Waals surface area contributed by atoms with Crippen molar-refractivity contribution in [3.63, 3.8) is 0 Å². The van der Waals surface area contributed by atoms with Gasteiger partial charge >= 0.3 is 0 Å². The molecule has 1 aromatic heterocycles. The number of carbonyl (C=O) groups excluding carboxylic acids is 2. The highest BCUT2D eigenvalue weighted by Crippen LogP contribution is 2.31. The Labute approximate surface area is 199 Å². The first-order chi connectivity index (χ1) is 16.6. The summed E-state index contributed by atoms with van der Waals surface area (Å²) >= 11 is 0. The molecule has 172 valence electrons. The predicted octanol–water partition coefficient (Wildman–Crippen LogP) is 4.56. The van der Waals surface area contributed by atoms with Crippen molar-refractivity contribution in [2.75, 3.05) is 11.9 Å². The highest BCUT2D eigenvalue weighted by molar-refractivity contribution is 5.97. The number of hydrogen-bond donors (Lipinski definition) is 1. The average molecular weight is 453 g/mol. The maximum Gasteiger partial charge on any atom is 0.228 e. The second-order valence-electron chi connectivity index (χ2n) is 8.99. The smallest absolute Gasteiger partial charge is 0.228 e. The lowest BCUT2D eigenvalue weighted by Gasteiger charge is -2.35. The molecule has 5 rings (SSSR count). The minimum Gasteiger partial charge on any atom is -0.338 e.